The fourth-order valence-corrected chi connectivity index (χ4v) is 4.90. The minimum atomic E-state index is -0.142. The largest absolute Gasteiger partial charge is 0.338 e. The number of aromatic nitrogens is 4. The van der Waals surface area contributed by atoms with Gasteiger partial charge in [-0.05, 0) is 49.7 Å². The number of piperidine rings is 1. The van der Waals surface area contributed by atoms with Crippen molar-refractivity contribution in [1.82, 2.24) is 24.2 Å². The molecular weight excluding hydrogens is 500 g/mol. The lowest BCUT2D eigenvalue weighted by Crippen LogP contribution is -2.40. The van der Waals surface area contributed by atoms with E-state index in [1.807, 2.05) is 42.5 Å². The predicted octanol–water partition coefficient (Wildman–Crippen LogP) is 3.54. The third kappa shape index (κ3) is 4.43. The first-order valence-electron chi connectivity index (χ1n) is 11.2. The monoisotopic (exact) mass is 524 g/mol. The van der Waals surface area contributed by atoms with Crippen molar-refractivity contribution < 1.29 is 9.32 Å². The van der Waals surface area contributed by atoms with Crippen molar-refractivity contribution in [2.75, 3.05) is 18.4 Å². The number of carbonyl (C=O) groups excluding carboxylic acids is 1. The fraction of sp³-hybridized carbons (Fsp3) is 0.333. The molecule has 1 aliphatic heterocycles. The zero-order chi connectivity index (χ0) is 23.8. The number of imidazole rings is 1. The lowest BCUT2D eigenvalue weighted by molar-refractivity contribution is -0.121. The van der Waals surface area contributed by atoms with Crippen molar-refractivity contribution in [2.45, 2.75) is 19.4 Å². The van der Waals surface area contributed by atoms with Crippen molar-refractivity contribution in [3.63, 3.8) is 0 Å². The number of nitrogens with one attached hydrogen (secondary N) is 1. The highest BCUT2D eigenvalue weighted by Crippen LogP contribution is 2.24. The minimum Gasteiger partial charge on any atom is -0.338 e. The zero-order valence-electron chi connectivity index (χ0n) is 19.0. The molecule has 1 atom stereocenters. The Bertz CT molecular complexity index is 1420. The first kappa shape index (κ1) is 22.5. The number of halogens is 1. The standard InChI is InChI=1S/C24H25BrN6O3/c1-29-19-9-8-18(12-20(19)30(2)24(29)33)26-23(32)16-6-4-10-31(13-16)14-21-27-22(28-34-21)15-5-3-7-17(25)11-15/h3,5,7-9,11-12,16H,4,6,10,13-14H2,1-2H3,(H,26,32). The second-order valence-corrected chi connectivity index (χ2v) is 9.61. The highest BCUT2D eigenvalue weighted by Gasteiger charge is 2.27. The predicted molar refractivity (Wildman–Crippen MR) is 132 cm³/mol. The molecule has 2 aromatic heterocycles. The summed E-state index contributed by atoms with van der Waals surface area (Å²) >= 11 is 3.46. The SMILES string of the molecule is Cn1c(=O)n(C)c2cc(NC(=O)C3CCCN(Cc4nc(-c5cccc(Br)c5)no4)C3)ccc21. The molecule has 1 amide bonds. The Hall–Kier alpha value is -3.24. The second kappa shape index (κ2) is 9.19. The van der Waals surface area contributed by atoms with Crippen LogP contribution in [0.1, 0.15) is 18.7 Å². The number of benzene rings is 2. The number of anilines is 1. The maximum atomic E-state index is 13.0. The topological polar surface area (TPSA) is 98.2 Å². The molecule has 176 valence electrons. The van der Waals surface area contributed by atoms with E-state index in [0.29, 0.717) is 30.5 Å². The number of carbonyl (C=O) groups is 1. The maximum Gasteiger partial charge on any atom is 0.328 e. The molecule has 1 saturated heterocycles. The summed E-state index contributed by atoms with van der Waals surface area (Å²) in [4.78, 5) is 31.9. The van der Waals surface area contributed by atoms with Crippen LogP contribution in [0, 0.1) is 5.92 Å². The summed E-state index contributed by atoms with van der Waals surface area (Å²) in [6.07, 6.45) is 1.73. The van der Waals surface area contributed by atoms with Crippen molar-refractivity contribution in [3.05, 3.63) is 63.3 Å². The van der Waals surface area contributed by atoms with Gasteiger partial charge in [0.1, 0.15) is 0 Å². The fourth-order valence-electron chi connectivity index (χ4n) is 4.50. The molecule has 0 spiro atoms. The van der Waals surface area contributed by atoms with E-state index in [-0.39, 0.29) is 17.5 Å². The quantitative estimate of drug-likeness (QED) is 0.428. The van der Waals surface area contributed by atoms with E-state index >= 15 is 0 Å². The molecule has 3 heterocycles. The number of hydrogen-bond acceptors (Lipinski definition) is 6. The number of likely N-dealkylation sites (tertiary alicyclic amines) is 1. The molecule has 1 fully saturated rings. The van der Waals surface area contributed by atoms with Gasteiger partial charge in [-0.3, -0.25) is 18.8 Å². The van der Waals surface area contributed by atoms with Crippen LogP contribution in [0.3, 0.4) is 0 Å². The Balaban J connectivity index is 1.24. The maximum absolute atomic E-state index is 13.0. The molecule has 34 heavy (non-hydrogen) atoms. The summed E-state index contributed by atoms with van der Waals surface area (Å²) in [6.45, 7) is 1.99. The Kier molecular flexibility index (Phi) is 6.09. The normalized spacial score (nSPS) is 16.7. The Morgan fingerprint density at radius 1 is 1.18 bits per heavy atom. The summed E-state index contributed by atoms with van der Waals surface area (Å²) in [7, 11) is 3.47. The van der Waals surface area contributed by atoms with Gasteiger partial charge in [0, 0.05) is 36.4 Å². The number of aryl methyl sites for hydroxylation is 2. The van der Waals surface area contributed by atoms with Crippen LogP contribution in [0.5, 0.6) is 0 Å². The Labute approximate surface area is 204 Å². The molecule has 2 aromatic carbocycles. The van der Waals surface area contributed by atoms with Crippen LogP contribution in [-0.2, 0) is 25.4 Å². The molecule has 9 nitrogen and oxygen atoms in total. The lowest BCUT2D eigenvalue weighted by atomic mass is 9.97. The minimum absolute atomic E-state index is 0.0228. The van der Waals surface area contributed by atoms with Gasteiger partial charge < -0.3 is 9.84 Å². The number of nitrogens with zero attached hydrogens (tertiary/aromatic N) is 5. The van der Waals surface area contributed by atoms with E-state index in [4.69, 9.17) is 4.52 Å². The van der Waals surface area contributed by atoms with Gasteiger partial charge in [-0.2, -0.15) is 4.98 Å². The van der Waals surface area contributed by atoms with Crippen molar-refractivity contribution in [2.24, 2.45) is 20.0 Å². The smallest absolute Gasteiger partial charge is 0.328 e. The molecule has 0 radical (unpaired) electrons. The zero-order valence-corrected chi connectivity index (χ0v) is 20.6. The van der Waals surface area contributed by atoms with Gasteiger partial charge in [0.05, 0.1) is 23.5 Å². The van der Waals surface area contributed by atoms with Crippen molar-refractivity contribution >= 4 is 38.6 Å². The van der Waals surface area contributed by atoms with Gasteiger partial charge in [-0.25, -0.2) is 4.79 Å². The summed E-state index contributed by atoms with van der Waals surface area (Å²) in [5, 5.41) is 7.13. The first-order chi connectivity index (χ1) is 16.4. The van der Waals surface area contributed by atoms with Crippen molar-refractivity contribution in [3.8, 4) is 11.4 Å². The van der Waals surface area contributed by atoms with E-state index in [2.05, 4.69) is 36.3 Å². The van der Waals surface area contributed by atoms with Gasteiger partial charge in [-0.1, -0.05) is 33.2 Å². The van der Waals surface area contributed by atoms with Gasteiger partial charge in [0.15, 0.2) is 0 Å². The third-order valence-electron chi connectivity index (χ3n) is 6.33. The molecule has 1 N–H and O–H groups in total. The van der Waals surface area contributed by atoms with Crippen molar-refractivity contribution in [1.29, 1.82) is 0 Å². The second-order valence-electron chi connectivity index (χ2n) is 8.69. The van der Waals surface area contributed by atoms with E-state index in [1.165, 1.54) is 0 Å². The third-order valence-corrected chi connectivity index (χ3v) is 6.82. The molecule has 5 rings (SSSR count). The molecule has 0 bridgehead atoms. The Morgan fingerprint density at radius 2 is 2.00 bits per heavy atom. The number of fused-ring (bicyclic) bond motifs is 1. The van der Waals surface area contributed by atoms with E-state index in [9.17, 15) is 9.59 Å². The average molecular weight is 525 g/mol. The van der Waals surface area contributed by atoms with Gasteiger partial charge in [0.2, 0.25) is 17.6 Å². The van der Waals surface area contributed by atoms with E-state index < -0.39 is 0 Å². The van der Waals surface area contributed by atoms with Crippen LogP contribution in [0.15, 0.2) is 56.3 Å². The first-order valence-corrected chi connectivity index (χ1v) is 12.0. The summed E-state index contributed by atoms with van der Waals surface area (Å²) in [6, 6.07) is 13.3. The molecule has 10 heteroatoms. The highest BCUT2D eigenvalue weighted by molar-refractivity contribution is 9.10. The van der Waals surface area contributed by atoms with E-state index in [0.717, 1.165) is 40.5 Å². The molecular formula is C24H25BrN6O3. The van der Waals surface area contributed by atoms with Crippen LogP contribution in [0.4, 0.5) is 5.69 Å². The number of hydrogen-bond donors (Lipinski definition) is 1. The van der Waals surface area contributed by atoms with E-state index in [1.54, 1.807) is 23.2 Å². The summed E-state index contributed by atoms with van der Waals surface area (Å²) in [5.41, 5.74) is 3.09. The van der Waals surface area contributed by atoms with Crippen LogP contribution >= 0.6 is 15.9 Å². The number of amides is 1. The molecule has 4 aromatic rings. The molecule has 1 unspecified atom stereocenters. The number of rotatable bonds is 5. The van der Waals surface area contributed by atoms with Crippen LogP contribution in [-0.4, -0.2) is 43.2 Å². The summed E-state index contributed by atoms with van der Waals surface area (Å²) < 4.78 is 9.60. The van der Waals surface area contributed by atoms with Gasteiger partial charge in [0.25, 0.3) is 0 Å². The van der Waals surface area contributed by atoms with Crippen LogP contribution in [0.2, 0.25) is 0 Å². The molecule has 1 aliphatic rings. The lowest BCUT2D eigenvalue weighted by Gasteiger charge is -2.30. The van der Waals surface area contributed by atoms with Crippen LogP contribution < -0.4 is 11.0 Å². The molecule has 0 saturated carbocycles. The van der Waals surface area contributed by atoms with Crippen LogP contribution in [0.25, 0.3) is 22.4 Å². The van der Waals surface area contributed by atoms with Gasteiger partial charge in [-0.15, -0.1) is 0 Å². The Morgan fingerprint density at radius 3 is 2.82 bits per heavy atom. The average Bonchev–Trinajstić information content (AvgIpc) is 3.38. The summed E-state index contributed by atoms with van der Waals surface area (Å²) in [5.74, 6) is 0.918. The molecule has 0 aliphatic carbocycles. The van der Waals surface area contributed by atoms with Gasteiger partial charge >= 0.3 is 5.69 Å². The highest BCUT2D eigenvalue weighted by atomic mass is 79.9.